The van der Waals surface area contributed by atoms with Crippen molar-refractivity contribution < 1.29 is 9.59 Å². The van der Waals surface area contributed by atoms with Crippen molar-refractivity contribution in [3.05, 3.63) is 23.3 Å². The van der Waals surface area contributed by atoms with Gasteiger partial charge in [0.1, 0.15) is 0 Å². The first-order valence-electron chi connectivity index (χ1n) is 9.63. The predicted octanol–water partition coefficient (Wildman–Crippen LogP) is 2.93. The molecule has 0 radical (unpaired) electrons. The Morgan fingerprint density at radius 2 is 2.23 bits per heavy atom. The fourth-order valence-corrected chi connectivity index (χ4v) is 5.72. The fraction of sp³-hybridized carbons (Fsp3) is 0.667. The summed E-state index contributed by atoms with van der Waals surface area (Å²) in [4.78, 5) is 25.7. The average molecular weight is 355 g/mol. The molecule has 1 saturated carbocycles. The van der Waals surface area contributed by atoms with Crippen LogP contribution >= 0.6 is 0 Å². The molecule has 3 aliphatic rings. The first-order valence-corrected chi connectivity index (χ1v) is 9.63. The molecule has 0 aromatic heterocycles. The van der Waals surface area contributed by atoms with Crippen LogP contribution in [0.3, 0.4) is 0 Å². The standard InChI is InChI=1S/C21H29N3O2/c1-13-11-18(23)20-17(16(13)5-4-9-22)7-6-15-12-19(26)24(14(2)25)10-8-21(15,20)3/h11-12,16-18,20H,4-8,10,23H2,1-3H3/t16-,17+,18-,20-,21+/m1/s1. The molecule has 2 amide bonds. The first kappa shape index (κ1) is 18.8. The van der Waals surface area contributed by atoms with Crippen LogP contribution in [-0.4, -0.2) is 29.3 Å². The number of carbonyl (C=O) groups excluding carboxylic acids is 2. The molecule has 1 fully saturated rings. The quantitative estimate of drug-likeness (QED) is 0.772. The van der Waals surface area contributed by atoms with Gasteiger partial charge >= 0.3 is 0 Å². The van der Waals surface area contributed by atoms with Crippen molar-refractivity contribution in [3.63, 3.8) is 0 Å². The number of fused-ring (bicyclic) bond motifs is 3. The van der Waals surface area contributed by atoms with Gasteiger partial charge in [-0.3, -0.25) is 14.5 Å². The maximum absolute atomic E-state index is 12.5. The van der Waals surface area contributed by atoms with Gasteiger partial charge in [-0.25, -0.2) is 0 Å². The number of hydrogen-bond acceptors (Lipinski definition) is 4. The Hall–Kier alpha value is -1.93. The summed E-state index contributed by atoms with van der Waals surface area (Å²) < 4.78 is 0. The maximum Gasteiger partial charge on any atom is 0.253 e. The minimum atomic E-state index is -0.193. The van der Waals surface area contributed by atoms with E-state index in [0.717, 1.165) is 31.3 Å². The molecule has 1 aliphatic heterocycles. The molecule has 0 aromatic carbocycles. The molecule has 3 rings (SSSR count). The third-order valence-corrected chi connectivity index (χ3v) is 7.01. The van der Waals surface area contributed by atoms with Crippen molar-refractivity contribution in [1.29, 1.82) is 5.26 Å². The molecule has 0 saturated heterocycles. The summed E-state index contributed by atoms with van der Waals surface area (Å²) >= 11 is 0. The number of allylic oxidation sites excluding steroid dienone is 2. The predicted molar refractivity (Wildman–Crippen MR) is 99.5 cm³/mol. The van der Waals surface area contributed by atoms with Crippen LogP contribution in [0.2, 0.25) is 0 Å². The minimum Gasteiger partial charge on any atom is -0.324 e. The van der Waals surface area contributed by atoms with Crippen molar-refractivity contribution >= 4 is 11.8 Å². The summed E-state index contributed by atoms with van der Waals surface area (Å²) in [7, 11) is 0. The van der Waals surface area contributed by atoms with Crippen LogP contribution < -0.4 is 5.73 Å². The molecule has 5 atom stereocenters. The second-order valence-corrected chi connectivity index (χ2v) is 8.37. The molecule has 0 unspecified atom stereocenters. The summed E-state index contributed by atoms with van der Waals surface area (Å²) in [5.74, 6) is 0.688. The van der Waals surface area contributed by atoms with E-state index in [2.05, 4.69) is 26.0 Å². The average Bonchev–Trinajstić information content (AvgIpc) is 2.69. The number of imide groups is 1. The van der Waals surface area contributed by atoms with Gasteiger partial charge in [0.05, 0.1) is 6.07 Å². The summed E-state index contributed by atoms with van der Waals surface area (Å²) in [6, 6.07) is 2.23. The van der Waals surface area contributed by atoms with Crippen molar-refractivity contribution in [3.8, 4) is 6.07 Å². The van der Waals surface area contributed by atoms with Gasteiger partial charge in [-0.2, -0.15) is 5.26 Å². The van der Waals surface area contributed by atoms with Crippen LogP contribution in [0.1, 0.15) is 52.9 Å². The third kappa shape index (κ3) is 3.01. The van der Waals surface area contributed by atoms with Crippen LogP contribution in [0, 0.1) is 34.5 Å². The summed E-state index contributed by atoms with van der Waals surface area (Å²) in [5, 5.41) is 9.04. The smallest absolute Gasteiger partial charge is 0.253 e. The van der Waals surface area contributed by atoms with Crippen LogP contribution in [0.5, 0.6) is 0 Å². The van der Waals surface area contributed by atoms with E-state index in [9.17, 15) is 9.59 Å². The lowest BCUT2D eigenvalue weighted by molar-refractivity contribution is -0.140. The molecule has 5 heteroatoms. The highest BCUT2D eigenvalue weighted by atomic mass is 16.2. The number of nitriles is 1. The lowest BCUT2D eigenvalue weighted by atomic mass is 9.51. The van der Waals surface area contributed by atoms with Crippen molar-refractivity contribution in [2.45, 2.75) is 58.9 Å². The lowest BCUT2D eigenvalue weighted by Crippen LogP contribution is -2.53. The Bertz CT molecular complexity index is 717. The topological polar surface area (TPSA) is 87.2 Å². The van der Waals surface area contributed by atoms with Gasteiger partial charge in [0.25, 0.3) is 5.91 Å². The number of nitrogens with two attached hydrogens (primary N) is 1. The monoisotopic (exact) mass is 355 g/mol. The zero-order valence-electron chi connectivity index (χ0n) is 16.0. The number of nitrogens with zero attached hydrogens (tertiary/aromatic N) is 2. The van der Waals surface area contributed by atoms with E-state index in [1.807, 2.05) is 0 Å². The Balaban J connectivity index is 1.98. The second kappa shape index (κ2) is 7.00. The highest BCUT2D eigenvalue weighted by molar-refractivity contribution is 6.00. The number of rotatable bonds is 2. The van der Waals surface area contributed by atoms with Gasteiger partial charge < -0.3 is 5.73 Å². The molecule has 0 aromatic rings. The molecule has 0 spiro atoms. The molecule has 140 valence electrons. The zero-order chi connectivity index (χ0) is 19.1. The van der Waals surface area contributed by atoms with Gasteiger partial charge in [0.15, 0.2) is 0 Å². The van der Waals surface area contributed by atoms with Crippen molar-refractivity contribution in [2.75, 3.05) is 6.54 Å². The molecule has 2 N–H and O–H groups in total. The van der Waals surface area contributed by atoms with Crippen LogP contribution in [0.25, 0.3) is 0 Å². The summed E-state index contributed by atoms with van der Waals surface area (Å²) in [6.45, 7) is 6.27. The molecule has 0 bridgehead atoms. The first-order chi connectivity index (χ1) is 12.3. The normalized spacial score (nSPS) is 36.9. The third-order valence-electron chi connectivity index (χ3n) is 7.01. The zero-order valence-corrected chi connectivity index (χ0v) is 16.0. The van der Waals surface area contributed by atoms with E-state index < -0.39 is 0 Å². The maximum atomic E-state index is 12.5. The largest absolute Gasteiger partial charge is 0.324 e. The SMILES string of the molecule is CC(=O)N1CC[C@@]2(C)C(=CC1=O)CC[C@@H]1[C@@H]2[C@H](N)C=C(C)[C@H]1CCC#N. The van der Waals surface area contributed by atoms with E-state index in [1.54, 1.807) is 6.08 Å². The lowest BCUT2D eigenvalue weighted by Gasteiger charge is -2.54. The van der Waals surface area contributed by atoms with Gasteiger partial charge in [0, 0.05) is 32.0 Å². The minimum absolute atomic E-state index is 0.0500. The molecule has 1 heterocycles. The molecular weight excluding hydrogens is 326 g/mol. The summed E-state index contributed by atoms with van der Waals surface area (Å²) in [6.07, 6.45) is 7.94. The Labute approximate surface area is 155 Å². The Morgan fingerprint density at radius 3 is 2.88 bits per heavy atom. The van der Waals surface area contributed by atoms with Gasteiger partial charge in [0.2, 0.25) is 5.91 Å². The Kier molecular flexibility index (Phi) is 5.07. The van der Waals surface area contributed by atoms with Gasteiger partial charge in [-0.1, -0.05) is 24.1 Å². The van der Waals surface area contributed by atoms with E-state index in [4.69, 9.17) is 11.0 Å². The van der Waals surface area contributed by atoms with E-state index in [1.165, 1.54) is 17.4 Å². The number of amides is 2. The van der Waals surface area contributed by atoms with E-state index >= 15 is 0 Å². The highest BCUT2D eigenvalue weighted by Gasteiger charge is 2.52. The van der Waals surface area contributed by atoms with Crippen LogP contribution in [0.4, 0.5) is 0 Å². The molecular formula is C21H29N3O2. The van der Waals surface area contributed by atoms with Crippen LogP contribution in [-0.2, 0) is 9.59 Å². The van der Waals surface area contributed by atoms with Crippen LogP contribution in [0.15, 0.2) is 23.3 Å². The van der Waals surface area contributed by atoms with Crippen molar-refractivity contribution in [2.24, 2.45) is 28.9 Å². The molecule has 2 aliphatic carbocycles. The van der Waals surface area contributed by atoms with E-state index in [-0.39, 0.29) is 29.2 Å². The Morgan fingerprint density at radius 1 is 1.50 bits per heavy atom. The second-order valence-electron chi connectivity index (χ2n) is 8.37. The number of carbonyl (C=O) groups is 2. The number of hydrogen-bond donors (Lipinski definition) is 1. The van der Waals surface area contributed by atoms with Gasteiger partial charge in [-0.15, -0.1) is 0 Å². The molecule has 5 nitrogen and oxygen atoms in total. The van der Waals surface area contributed by atoms with Crippen molar-refractivity contribution in [1.82, 2.24) is 4.90 Å². The summed E-state index contributed by atoms with van der Waals surface area (Å²) in [5.41, 5.74) is 8.89. The van der Waals surface area contributed by atoms with Gasteiger partial charge in [-0.05, 0) is 55.8 Å². The highest BCUT2D eigenvalue weighted by Crippen LogP contribution is 2.57. The fourth-order valence-electron chi connectivity index (χ4n) is 5.72. The van der Waals surface area contributed by atoms with E-state index in [0.29, 0.717) is 24.8 Å². The molecule has 26 heavy (non-hydrogen) atoms.